The van der Waals surface area contributed by atoms with E-state index >= 15 is 0 Å². The van der Waals surface area contributed by atoms with E-state index in [0.29, 0.717) is 21.2 Å². The van der Waals surface area contributed by atoms with Crippen molar-refractivity contribution in [3.05, 3.63) is 92.9 Å². The number of hydrogen-bond donors (Lipinski definition) is 0. The molecular formula is C21H14Cl4N6O4. The first-order chi connectivity index (χ1) is 16.8. The summed E-state index contributed by atoms with van der Waals surface area (Å²) in [4.78, 5) is 33.1. The minimum atomic E-state index is -1.10. The van der Waals surface area contributed by atoms with Crippen LogP contribution in [0.15, 0.2) is 61.7 Å². The summed E-state index contributed by atoms with van der Waals surface area (Å²) in [5.41, 5.74) is 0.772. The predicted octanol–water partition coefficient (Wildman–Crippen LogP) is 4.75. The number of carbonyl (C=O) groups excluding carboxylic acids is 2. The van der Waals surface area contributed by atoms with Crippen molar-refractivity contribution < 1.29 is 19.1 Å². The normalized spacial score (nSPS) is 12.7. The molecule has 14 heteroatoms. The fourth-order valence-corrected chi connectivity index (χ4v) is 4.05. The van der Waals surface area contributed by atoms with Crippen LogP contribution in [0.25, 0.3) is 0 Å². The number of esters is 2. The Morgan fingerprint density at radius 1 is 0.743 bits per heavy atom. The molecule has 10 nitrogen and oxygen atoms in total. The molecule has 4 aromatic rings. The van der Waals surface area contributed by atoms with E-state index in [2.05, 4.69) is 20.2 Å². The van der Waals surface area contributed by atoms with Crippen molar-refractivity contribution >= 4 is 58.3 Å². The van der Waals surface area contributed by atoms with Crippen LogP contribution in [0, 0.1) is 0 Å². The average Bonchev–Trinajstić information content (AvgIpc) is 3.51. The zero-order valence-corrected chi connectivity index (χ0v) is 20.5. The summed E-state index contributed by atoms with van der Waals surface area (Å²) in [5, 5.41) is 9.26. The van der Waals surface area contributed by atoms with Gasteiger partial charge in [0.05, 0.1) is 10.0 Å². The van der Waals surface area contributed by atoms with Gasteiger partial charge in [0, 0.05) is 21.2 Å². The van der Waals surface area contributed by atoms with Crippen LogP contribution in [0.2, 0.25) is 20.1 Å². The van der Waals surface area contributed by atoms with Crippen LogP contribution in [-0.4, -0.2) is 41.5 Å². The molecule has 0 bridgehead atoms. The highest BCUT2D eigenvalue weighted by atomic mass is 35.5. The van der Waals surface area contributed by atoms with Gasteiger partial charge >= 0.3 is 11.9 Å². The lowest BCUT2D eigenvalue weighted by molar-refractivity contribution is -0.163. The minimum Gasteiger partial charge on any atom is -0.435 e. The van der Waals surface area contributed by atoms with E-state index in [4.69, 9.17) is 55.9 Å². The van der Waals surface area contributed by atoms with E-state index in [9.17, 15) is 9.59 Å². The molecule has 0 aliphatic rings. The minimum absolute atomic E-state index is 0.233. The summed E-state index contributed by atoms with van der Waals surface area (Å²) < 4.78 is 13.5. The maximum atomic E-state index is 12.7. The Bertz CT molecular complexity index is 1230. The van der Waals surface area contributed by atoms with E-state index in [0.717, 1.165) is 0 Å². The second kappa shape index (κ2) is 11.0. The van der Waals surface area contributed by atoms with E-state index in [-0.39, 0.29) is 10.0 Å². The number of aromatic nitrogens is 6. The first kappa shape index (κ1) is 24.9. The maximum Gasteiger partial charge on any atom is 0.319 e. The van der Waals surface area contributed by atoms with Gasteiger partial charge in [-0.1, -0.05) is 58.5 Å². The molecule has 2 aromatic carbocycles. The van der Waals surface area contributed by atoms with E-state index in [1.807, 2.05) is 0 Å². The van der Waals surface area contributed by atoms with Crippen molar-refractivity contribution in [2.75, 3.05) is 0 Å². The lowest BCUT2D eigenvalue weighted by Gasteiger charge is -2.21. The molecule has 0 aliphatic heterocycles. The molecule has 2 unspecified atom stereocenters. The van der Waals surface area contributed by atoms with Crippen molar-refractivity contribution in [2.45, 2.75) is 18.9 Å². The SMILES string of the molecule is O=C(CC(=O)OC(c1ccc(Cl)cc1Cl)n1cncn1)OC(c1ccc(Cl)cc1Cl)n1cncn1. The Kier molecular flexibility index (Phi) is 7.86. The number of hydrogen-bond acceptors (Lipinski definition) is 8. The summed E-state index contributed by atoms with van der Waals surface area (Å²) in [6, 6.07) is 9.28. The summed E-state index contributed by atoms with van der Waals surface area (Å²) in [6.45, 7) is 0. The van der Waals surface area contributed by atoms with Crippen LogP contribution < -0.4 is 0 Å². The molecule has 180 valence electrons. The summed E-state index contributed by atoms with van der Waals surface area (Å²) >= 11 is 24.5. The van der Waals surface area contributed by atoms with Gasteiger partial charge in [0.1, 0.15) is 31.7 Å². The van der Waals surface area contributed by atoms with Crippen LogP contribution in [0.5, 0.6) is 0 Å². The van der Waals surface area contributed by atoms with Crippen LogP contribution in [0.3, 0.4) is 0 Å². The van der Waals surface area contributed by atoms with Crippen LogP contribution >= 0.6 is 46.4 Å². The summed E-state index contributed by atoms with van der Waals surface area (Å²) in [5.74, 6) is -1.80. The van der Waals surface area contributed by atoms with Gasteiger partial charge in [0.15, 0.2) is 0 Å². The standard InChI is InChI=1S/C21H14Cl4N6O4/c22-12-1-3-14(16(24)5-12)20(30-10-26-8-28-30)34-18(32)7-19(33)35-21(31-11-27-9-29-31)15-4-2-13(23)6-17(15)25/h1-6,8-11,20-21H,7H2. The van der Waals surface area contributed by atoms with Gasteiger partial charge in [0.25, 0.3) is 0 Å². The van der Waals surface area contributed by atoms with Crippen molar-refractivity contribution in [2.24, 2.45) is 0 Å². The average molecular weight is 556 g/mol. The number of halogens is 4. The molecule has 0 fully saturated rings. The Hall–Kier alpha value is -3.18. The monoisotopic (exact) mass is 554 g/mol. The second-order valence-electron chi connectivity index (χ2n) is 6.94. The van der Waals surface area contributed by atoms with Gasteiger partial charge in [-0.15, -0.1) is 0 Å². The van der Waals surface area contributed by atoms with Gasteiger partial charge in [-0.2, -0.15) is 10.2 Å². The van der Waals surface area contributed by atoms with Crippen molar-refractivity contribution in [1.82, 2.24) is 29.5 Å². The lowest BCUT2D eigenvalue weighted by Crippen LogP contribution is -2.24. The number of carbonyl (C=O) groups is 2. The highest BCUT2D eigenvalue weighted by Crippen LogP contribution is 2.31. The van der Waals surface area contributed by atoms with Gasteiger partial charge in [-0.05, 0) is 24.3 Å². The Morgan fingerprint density at radius 2 is 1.17 bits per heavy atom. The molecule has 4 rings (SSSR count). The Morgan fingerprint density at radius 3 is 1.51 bits per heavy atom. The molecule has 35 heavy (non-hydrogen) atoms. The number of ether oxygens (including phenoxy) is 2. The molecule has 0 amide bonds. The summed E-state index contributed by atoms with van der Waals surface area (Å²) in [6.07, 6.45) is 2.27. The van der Waals surface area contributed by atoms with Crippen LogP contribution in [-0.2, 0) is 19.1 Å². The molecule has 0 radical (unpaired) electrons. The van der Waals surface area contributed by atoms with Gasteiger partial charge in [-0.3, -0.25) is 9.59 Å². The zero-order chi connectivity index (χ0) is 24.9. The molecule has 2 heterocycles. The molecular weight excluding hydrogens is 542 g/mol. The molecule has 0 spiro atoms. The third-order valence-corrected chi connectivity index (χ3v) is 5.71. The van der Waals surface area contributed by atoms with E-state index in [1.54, 1.807) is 24.3 Å². The van der Waals surface area contributed by atoms with Crippen LogP contribution in [0.4, 0.5) is 0 Å². The van der Waals surface area contributed by atoms with E-state index < -0.39 is 30.8 Å². The fourth-order valence-electron chi connectivity index (χ4n) is 3.05. The van der Waals surface area contributed by atoms with Crippen molar-refractivity contribution in [3.8, 4) is 0 Å². The Balaban J connectivity index is 1.51. The molecule has 2 atom stereocenters. The van der Waals surface area contributed by atoms with Gasteiger partial charge < -0.3 is 9.47 Å². The number of rotatable bonds is 8. The van der Waals surface area contributed by atoms with E-state index in [1.165, 1.54) is 46.8 Å². The quantitative estimate of drug-likeness (QED) is 0.226. The third-order valence-electron chi connectivity index (χ3n) is 4.59. The fraction of sp³-hybridized carbons (Fsp3) is 0.143. The zero-order valence-electron chi connectivity index (χ0n) is 17.5. The Labute approximate surface area is 218 Å². The van der Waals surface area contributed by atoms with Crippen LogP contribution in [0.1, 0.15) is 30.0 Å². The molecule has 2 aromatic heterocycles. The highest BCUT2D eigenvalue weighted by Gasteiger charge is 2.27. The topological polar surface area (TPSA) is 114 Å². The second-order valence-corrected chi connectivity index (χ2v) is 8.63. The molecule has 0 saturated carbocycles. The number of benzene rings is 2. The first-order valence-corrected chi connectivity index (χ1v) is 11.3. The number of nitrogens with zero attached hydrogens (tertiary/aromatic N) is 6. The molecule has 0 aliphatic carbocycles. The van der Waals surface area contributed by atoms with Crippen molar-refractivity contribution in [1.29, 1.82) is 0 Å². The first-order valence-electron chi connectivity index (χ1n) is 9.79. The highest BCUT2D eigenvalue weighted by molar-refractivity contribution is 6.35. The predicted molar refractivity (Wildman–Crippen MR) is 126 cm³/mol. The maximum absolute atomic E-state index is 12.7. The smallest absolute Gasteiger partial charge is 0.319 e. The lowest BCUT2D eigenvalue weighted by atomic mass is 10.2. The summed E-state index contributed by atoms with van der Waals surface area (Å²) in [7, 11) is 0. The third kappa shape index (κ3) is 6.09. The van der Waals surface area contributed by atoms with Gasteiger partial charge in [0.2, 0.25) is 12.5 Å². The molecule has 0 N–H and O–H groups in total. The van der Waals surface area contributed by atoms with Gasteiger partial charge in [-0.25, -0.2) is 19.3 Å². The van der Waals surface area contributed by atoms with Crippen molar-refractivity contribution in [3.63, 3.8) is 0 Å². The molecule has 0 saturated heterocycles. The largest absolute Gasteiger partial charge is 0.435 e.